The highest BCUT2D eigenvalue weighted by molar-refractivity contribution is 5.89. The number of hydrogen-bond acceptors (Lipinski definition) is 5. The molecule has 0 saturated carbocycles. The van der Waals surface area contributed by atoms with E-state index in [1.165, 1.54) is 7.11 Å². The minimum atomic E-state index is -0.302. The van der Waals surface area contributed by atoms with E-state index < -0.39 is 0 Å². The van der Waals surface area contributed by atoms with Crippen LogP contribution in [0.15, 0.2) is 24.3 Å². The Morgan fingerprint density at radius 3 is 3.05 bits per heavy atom. The zero-order chi connectivity index (χ0) is 13.7. The lowest BCUT2D eigenvalue weighted by Crippen LogP contribution is -2.45. The molecule has 1 fully saturated rings. The highest BCUT2D eigenvalue weighted by atomic mass is 35.5. The maximum absolute atomic E-state index is 11.5. The van der Waals surface area contributed by atoms with Crippen LogP contribution in [0.25, 0.3) is 0 Å². The summed E-state index contributed by atoms with van der Waals surface area (Å²) in [5.74, 6) is -0.302. The van der Waals surface area contributed by atoms with Crippen LogP contribution in [0, 0.1) is 0 Å². The molecule has 1 aliphatic rings. The number of halogens is 1. The molecule has 1 aromatic rings. The number of nitrogens with zero attached hydrogens (tertiary/aromatic N) is 1. The molecule has 0 aliphatic carbocycles. The molecule has 0 aromatic heterocycles. The minimum absolute atomic E-state index is 0. The summed E-state index contributed by atoms with van der Waals surface area (Å²) in [5, 5.41) is 0. The van der Waals surface area contributed by atoms with E-state index in [4.69, 9.17) is 15.2 Å². The largest absolute Gasteiger partial charge is 0.465 e. The van der Waals surface area contributed by atoms with E-state index in [2.05, 4.69) is 4.90 Å². The van der Waals surface area contributed by atoms with Gasteiger partial charge in [0.25, 0.3) is 0 Å². The van der Waals surface area contributed by atoms with Gasteiger partial charge in [-0.15, -0.1) is 12.4 Å². The van der Waals surface area contributed by atoms with E-state index >= 15 is 0 Å². The number of nitrogens with two attached hydrogens (primary N) is 1. The second-order valence-electron chi connectivity index (χ2n) is 4.66. The molecule has 1 unspecified atom stereocenters. The molecular weight excluding hydrogens is 280 g/mol. The molecule has 1 saturated heterocycles. The molecular formula is C14H21ClN2O3. The molecule has 0 amide bonds. The van der Waals surface area contributed by atoms with Gasteiger partial charge in [-0.2, -0.15) is 0 Å². The lowest BCUT2D eigenvalue weighted by atomic mass is 10.1. The lowest BCUT2D eigenvalue weighted by molar-refractivity contribution is -0.0260. The van der Waals surface area contributed by atoms with Crippen LogP contribution in [0.1, 0.15) is 15.9 Å². The molecule has 1 heterocycles. The minimum Gasteiger partial charge on any atom is -0.465 e. The van der Waals surface area contributed by atoms with Crippen LogP contribution in [0.4, 0.5) is 0 Å². The Morgan fingerprint density at radius 1 is 1.55 bits per heavy atom. The average Bonchev–Trinajstić information content (AvgIpc) is 2.47. The molecule has 5 nitrogen and oxygen atoms in total. The van der Waals surface area contributed by atoms with Crippen molar-refractivity contribution < 1.29 is 14.3 Å². The van der Waals surface area contributed by atoms with E-state index in [-0.39, 0.29) is 24.5 Å². The van der Waals surface area contributed by atoms with E-state index in [0.717, 1.165) is 25.2 Å². The maximum Gasteiger partial charge on any atom is 0.337 e. The zero-order valence-electron chi connectivity index (χ0n) is 11.6. The van der Waals surface area contributed by atoms with Gasteiger partial charge in [0, 0.05) is 26.2 Å². The van der Waals surface area contributed by atoms with Gasteiger partial charge in [0.05, 0.1) is 25.4 Å². The zero-order valence-corrected chi connectivity index (χ0v) is 12.4. The van der Waals surface area contributed by atoms with Crippen molar-refractivity contribution in [1.29, 1.82) is 0 Å². The van der Waals surface area contributed by atoms with Crippen LogP contribution in [0.5, 0.6) is 0 Å². The van der Waals surface area contributed by atoms with E-state index in [1.807, 2.05) is 18.2 Å². The Bertz CT molecular complexity index is 442. The predicted molar refractivity (Wildman–Crippen MR) is 79.1 cm³/mol. The highest BCUT2D eigenvalue weighted by Gasteiger charge is 2.19. The van der Waals surface area contributed by atoms with Gasteiger partial charge in [-0.25, -0.2) is 4.79 Å². The Hall–Kier alpha value is -1.14. The van der Waals surface area contributed by atoms with E-state index in [9.17, 15) is 4.79 Å². The number of ether oxygens (including phenoxy) is 2. The number of rotatable bonds is 4. The fourth-order valence-electron chi connectivity index (χ4n) is 2.24. The average molecular weight is 301 g/mol. The van der Waals surface area contributed by atoms with E-state index in [1.54, 1.807) is 6.07 Å². The molecule has 1 atom stereocenters. The normalized spacial score (nSPS) is 19.2. The summed E-state index contributed by atoms with van der Waals surface area (Å²) in [6, 6.07) is 7.53. The third-order valence-corrected chi connectivity index (χ3v) is 3.24. The summed E-state index contributed by atoms with van der Waals surface area (Å²) in [4.78, 5) is 13.8. The number of carbonyl (C=O) groups excluding carboxylic acids is 1. The van der Waals surface area contributed by atoms with Gasteiger partial charge >= 0.3 is 5.97 Å². The fourth-order valence-corrected chi connectivity index (χ4v) is 2.24. The molecule has 1 aromatic carbocycles. The molecule has 0 bridgehead atoms. The molecule has 1 aliphatic heterocycles. The highest BCUT2D eigenvalue weighted by Crippen LogP contribution is 2.12. The number of methoxy groups -OCH3 is 1. The van der Waals surface area contributed by atoms with Crippen LogP contribution < -0.4 is 5.73 Å². The van der Waals surface area contributed by atoms with Crippen LogP contribution >= 0.6 is 12.4 Å². The molecule has 0 radical (unpaired) electrons. The van der Waals surface area contributed by atoms with Crippen LogP contribution in [-0.4, -0.2) is 50.3 Å². The number of carbonyl (C=O) groups is 1. The first-order valence-corrected chi connectivity index (χ1v) is 6.44. The lowest BCUT2D eigenvalue weighted by Gasteiger charge is -2.32. The van der Waals surface area contributed by atoms with Crippen LogP contribution in [0.3, 0.4) is 0 Å². The molecule has 2 N–H and O–H groups in total. The number of morpholine rings is 1. The number of benzene rings is 1. The second-order valence-corrected chi connectivity index (χ2v) is 4.66. The van der Waals surface area contributed by atoms with Crippen LogP contribution in [0.2, 0.25) is 0 Å². The Labute approximate surface area is 125 Å². The summed E-state index contributed by atoms with van der Waals surface area (Å²) >= 11 is 0. The molecule has 0 spiro atoms. The van der Waals surface area contributed by atoms with Crippen molar-refractivity contribution >= 4 is 18.4 Å². The molecule has 2 rings (SSSR count). The van der Waals surface area contributed by atoms with Crippen LogP contribution in [-0.2, 0) is 16.0 Å². The van der Waals surface area contributed by atoms with Gasteiger partial charge in [-0.3, -0.25) is 4.90 Å². The fraction of sp³-hybridized carbons (Fsp3) is 0.500. The first-order chi connectivity index (χ1) is 9.22. The summed E-state index contributed by atoms with van der Waals surface area (Å²) in [7, 11) is 1.39. The van der Waals surface area contributed by atoms with Crippen molar-refractivity contribution in [3.8, 4) is 0 Å². The van der Waals surface area contributed by atoms with Gasteiger partial charge in [0.15, 0.2) is 0 Å². The molecule has 6 heteroatoms. The topological polar surface area (TPSA) is 64.8 Å². The maximum atomic E-state index is 11.5. The van der Waals surface area contributed by atoms with Crippen molar-refractivity contribution in [2.75, 3.05) is 33.4 Å². The Morgan fingerprint density at radius 2 is 2.35 bits per heavy atom. The predicted octanol–water partition coefficient (Wildman–Crippen LogP) is 1.05. The second kappa shape index (κ2) is 8.21. The SMILES string of the molecule is COC(=O)c1cccc(CN2CCOC(CN)C2)c1.Cl. The third kappa shape index (κ3) is 4.45. The third-order valence-electron chi connectivity index (χ3n) is 3.24. The summed E-state index contributed by atoms with van der Waals surface area (Å²) in [5.41, 5.74) is 7.31. The van der Waals surface area contributed by atoms with Crippen molar-refractivity contribution in [2.45, 2.75) is 12.6 Å². The van der Waals surface area contributed by atoms with Crippen molar-refractivity contribution in [3.05, 3.63) is 35.4 Å². The van der Waals surface area contributed by atoms with Gasteiger partial charge < -0.3 is 15.2 Å². The monoisotopic (exact) mass is 300 g/mol. The van der Waals surface area contributed by atoms with Crippen molar-refractivity contribution in [1.82, 2.24) is 4.90 Å². The number of esters is 1. The first kappa shape index (κ1) is 16.9. The van der Waals surface area contributed by atoms with Crippen molar-refractivity contribution in [3.63, 3.8) is 0 Å². The quantitative estimate of drug-likeness (QED) is 0.842. The summed E-state index contributed by atoms with van der Waals surface area (Å²) in [6.07, 6.45) is 0.109. The Kier molecular flexibility index (Phi) is 6.95. The smallest absolute Gasteiger partial charge is 0.337 e. The first-order valence-electron chi connectivity index (χ1n) is 6.44. The van der Waals surface area contributed by atoms with Gasteiger partial charge in [-0.05, 0) is 17.7 Å². The summed E-state index contributed by atoms with van der Waals surface area (Å²) < 4.78 is 10.3. The van der Waals surface area contributed by atoms with Crippen molar-refractivity contribution in [2.24, 2.45) is 5.73 Å². The number of hydrogen-bond donors (Lipinski definition) is 1. The molecule has 112 valence electrons. The van der Waals surface area contributed by atoms with E-state index in [0.29, 0.717) is 18.7 Å². The van der Waals surface area contributed by atoms with Gasteiger partial charge in [0.2, 0.25) is 0 Å². The summed E-state index contributed by atoms with van der Waals surface area (Å²) in [6.45, 7) is 3.76. The Balaban J connectivity index is 0.00000200. The van der Waals surface area contributed by atoms with Gasteiger partial charge in [0.1, 0.15) is 0 Å². The molecule has 20 heavy (non-hydrogen) atoms. The van der Waals surface area contributed by atoms with Gasteiger partial charge in [-0.1, -0.05) is 12.1 Å². The standard InChI is InChI=1S/C14H20N2O3.ClH/c1-18-14(17)12-4-2-3-11(7-12)9-16-5-6-19-13(8-15)10-16;/h2-4,7,13H,5-6,8-10,15H2,1H3;1H.